The van der Waals surface area contributed by atoms with Gasteiger partial charge in [0.2, 0.25) is 0 Å². The summed E-state index contributed by atoms with van der Waals surface area (Å²) >= 11 is 0. The molecule has 1 aliphatic rings. The Morgan fingerprint density at radius 3 is 1.56 bits per heavy atom. The van der Waals surface area contributed by atoms with E-state index in [0.29, 0.717) is 0 Å². The molecule has 0 bridgehead atoms. The van der Waals surface area contributed by atoms with Crippen LogP contribution in [0.2, 0.25) is 0 Å². The first-order valence-corrected chi connectivity index (χ1v) is 22.1. The Hall–Kier alpha value is -8.20. The fourth-order valence-corrected chi connectivity index (χ4v) is 10.3. The van der Waals surface area contributed by atoms with Gasteiger partial charge in [-0.3, -0.25) is 0 Å². The van der Waals surface area contributed by atoms with Crippen molar-refractivity contribution in [1.82, 2.24) is 0 Å². The van der Waals surface area contributed by atoms with E-state index in [0.717, 1.165) is 66.8 Å². The first-order chi connectivity index (χ1) is 31.7. The maximum atomic E-state index is 6.87. The largest absolute Gasteiger partial charge is 0.455 e. The number of hydrogen-bond donors (Lipinski definition) is 0. The minimum atomic E-state index is -0.524. The first-order valence-electron chi connectivity index (χ1n) is 22.1. The average molecular weight is 818 g/mol. The van der Waals surface area contributed by atoms with Gasteiger partial charge in [-0.05, 0) is 87.3 Å². The van der Waals surface area contributed by atoms with Crippen LogP contribution in [0.4, 0.5) is 17.1 Å². The van der Waals surface area contributed by atoms with Gasteiger partial charge < -0.3 is 9.32 Å². The van der Waals surface area contributed by atoms with Crippen molar-refractivity contribution in [1.29, 1.82) is 0 Å². The van der Waals surface area contributed by atoms with Crippen molar-refractivity contribution in [3.05, 3.63) is 270 Å². The molecule has 2 heteroatoms. The molecular weight excluding hydrogens is 775 g/mol. The van der Waals surface area contributed by atoms with Gasteiger partial charge in [-0.15, -0.1) is 0 Å². The van der Waals surface area contributed by atoms with E-state index in [4.69, 9.17) is 4.42 Å². The van der Waals surface area contributed by atoms with Crippen LogP contribution in [0.3, 0.4) is 0 Å². The SMILES string of the molecule is Cc1ccc(C2(c3ccccc3)c3ccccc3-c3c(N(c4ccc(-c5cccc6c5oc5c(-c7ccccc7)cccc56)cc4)c4cccc(-c5ccccc5)c4)cccc32)cc1. The number of fused-ring (bicyclic) bond motifs is 6. The van der Waals surface area contributed by atoms with Crippen LogP contribution < -0.4 is 4.90 Å². The van der Waals surface area contributed by atoms with Crippen LogP contribution in [0.5, 0.6) is 0 Å². The van der Waals surface area contributed by atoms with Gasteiger partial charge in [-0.1, -0.05) is 218 Å². The normalized spacial score (nSPS) is 14.1. The highest BCUT2D eigenvalue weighted by Crippen LogP contribution is 2.59. The predicted molar refractivity (Wildman–Crippen MR) is 267 cm³/mol. The molecule has 0 fully saturated rings. The Bertz CT molecular complexity index is 3480. The minimum Gasteiger partial charge on any atom is -0.455 e. The van der Waals surface area contributed by atoms with E-state index in [1.54, 1.807) is 0 Å². The summed E-state index contributed by atoms with van der Waals surface area (Å²) in [5.74, 6) is 0. The summed E-state index contributed by atoms with van der Waals surface area (Å²) in [5, 5.41) is 2.23. The molecule has 0 saturated heterocycles. The zero-order valence-electron chi connectivity index (χ0n) is 35.4. The lowest BCUT2D eigenvalue weighted by atomic mass is 9.67. The molecule has 0 saturated carbocycles. The zero-order chi connectivity index (χ0) is 42.6. The van der Waals surface area contributed by atoms with Crippen LogP contribution in [-0.2, 0) is 5.41 Å². The maximum absolute atomic E-state index is 6.87. The summed E-state index contributed by atoms with van der Waals surface area (Å²) in [6, 6.07) is 88.3. The number of nitrogens with zero attached hydrogens (tertiary/aromatic N) is 1. The maximum Gasteiger partial charge on any atom is 0.143 e. The molecule has 1 unspecified atom stereocenters. The van der Waals surface area contributed by atoms with Crippen molar-refractivity contribution in [3.63, 3.8) is 0 Å². The molecule has 302 valence electrons. The number of para-hydroxylation sites is 2. The highest BCUT2D eigenvalue weighted by molar-refractivity contribution is 6.13. The molecule has 64 heavy (non-hydrogen) atoms. The van der Waals surface area contributed by atoms with E-state index in [-0.39, 0.29) is 0 Å². The van der Waals surface area contributed by atoms with E-state index in [1.165, 1.54) is 44.5 Å². The van der Waals surface area contributed by atoms with Crippen molar-refractivity contribution in [3.8, 4) is 44.5 Å². The molecule has 1 atom stereocenters. The van der Waals surface area contributed by atoms with Crippen molar-refractivity contribution >= 4 is 39.0 Å². The number of hydrogen-bond acceptors (Lipinski definition) is 2. The second kappa shape index (κ2) is 15.3. The highest BCUT2D eigenvalue weighted by atomic mass is 16.3. The summed E-state index contributed by atoms with van der Waals surface area (Å²) in [6.07, 6.45) is 0. The lowest BCUT2D eigenvalue weighted by Gasteiger charge is -2.34. The predicted octanol–water partition coefficient (Wildman–Crippen LogP) is 16.7. The van der Waals surface area contributed by atoms with E-state index < -0.39 is 5.41 Å². The van der Waals surface area contributed by atoms with Crippen molar-refractivity contribution in [2.75, 3.05) is 4.90 Å². The van der Waals surface area contributed by atoms with Gasteiger partial charge in [0.1, 0.15) is 11.2 Å². The van der Waals surface area contributed by atoms with Crippen LogP contribution in [0.15, 0.2) is 247 Å². The van der Waals surface area contributed by atoms with Crippen LogP contribution in [-0.4, -0.2) is 0 Å². The first kappa shape index (κ1) is 37.6. The molecule has 0 N–H and O–H groups in total. The Balaban J connectivity index is 1.06. The molecule has 2 nitrogen and oxygen atoms in total. The average Bonchev–Trinajstić information content (AvgIpc) is 3.90. The highest BCUT2D eigenvalue weighted by Gasteiger charge is 2.47. The van der Waals surface area contributed by atoms with E-state index in [2.05, 4.69) is 254 Å². The van der Waals surface area contributed by atoms with Crippen molar-refractivity contribution in [2.24, 2.45) is 0 Å². The second-order valence-electron chi connectivity index (χ2n) is 16.9. The fourth-order valence-electron chi connectivity index (χ4n) is 10.3. The van der Waals surface area contributed by atoms with Gasteiger partial charge in [-0.2, -0.15) is 0 Å². The van der Waals surface area contributed by atoms with E-state index >= 15 is 0 Å². The molecule has 1 aromatic heterocycles. The summed E-state index contributed by atoms with van der Waals surface area (Å²) in [4.78, 5) is 2.45. The third-order valence-corrected chi connectivity index (χ3v) is 13.2. The lowest BCUT2D eigenvalue weighted by Crippen LogP contribution is -2.28. The number of benzene rings is 10. The van der Waals surface area contributed by atoms with Gasteiger partial charge in [0.15, 0.2) is 0 Å². The van der Waals surface area contributed by atoms with E-state index in [9.17, 15) is 0 Å². The van der Waals surface area contributed by atoms with Crippen LogP contribution in [0, 0.1) is 6.92 Å². The Labute approximate surface area is 374 Å². The molecule has 0 aliphatic heterocycles. The molecule has 0 spiro atoms. The molecule has 11 aromatic rings. The summed E-state index contributed by atoms with van der Waals surface area (Å²) in [7, 11) is 0. The van der Waals surface area contributed by atoms with Gasteiger partial charge in [0, 0.05) is 38.8 Å². The van der Waals surface area contributed by atoms with Crippen LogP contribution in [0.1, 0.15) is 27.8 Å². The third kappa shape index (κ3) is 5.95. The van der Waals surface area contributed by atoms with Gasteiger partial charge in [0.25, 0.3) is 0 Å². The number of furan rings is 1. The van der Waals surface area contributed by atoms with Crippen molar-refractivity contribution in [2.45, 2.75) is 12.3 Å². The van der Waals surface area contributed by atoms with Crippen LogP contribution in [0.25, 0.3) is 66.4 Å². The number of aryl methyl sites for hydroxylation is 1. The van der Waals surface area contributed by atoms with Gasteiger partial charge in [0.05, 0.1) is 11.1 Å². The molecule has 10 aromatic carbocycles. The van der Waals surface area contributed by atoms with E-state index in [1.807, 2.05) is 0 Å². The molecular formula is C62H43NO. The Morgan fingerprint density at radius 2 is 0.875 bits per heavy atom. The van der Waals surface area contributed by atoms with Crippen molar-refractivity contribution < 1.29 is 4.42 Å². The van der Waals surface area contributed by atoms with Crippen LogP contribution >= 0.6 is 0 Å². The summed E-state index contributed by atoms with van der Waals surface area (Å²) < 4.78 is 6.87. The molecule has 0 radical (unpaired) electrons. The monoisotopic (exact) mass is 817 g/mol. The minimum absolute atomic E-state index is 0.524. The zero-order valence-corrected chi connectivity index (χ0v) is 35.4. The fraction of sp³-hybridized carbons (Fsp3) is 0.0323. The topological polar surface area (TPSA) is 16.4 Å². The Kier molecular flexibility index (Phi) is 8.98. The lowest BCUT2D eigenvalue weighted by molar-refractivity contribution is 0.671. The number of rotatable bonds is 8. The van der Waals surface area contributed by atoms with Gasteiger partial charge in [-0.25, -0.2) is 0 Å². The second-order valence-corrected chi connectivity index (χ2v) is 16.9. The summed E-state index contributed by atoms with van der Waals surface area (Å²) in [5.41, 5.74) is 20.1. The van der Waals surface area contributed by atoms with Gasteiger partial charge >= 0.3 is 0 Å². The Morgan fingerprint density at radius 1 is 0.359 bits per heavy atom. The molecule has 1 heterocycles. The smallest absolute Gasteiger partial charge is 0.143 e. The molecule has 1 aliphatic carbocycles. The molecule has 0 amide bonds. The number of anilines is 3. The summed E-state index contributed by atoms with van der Waals surface area (Å²) in [6.45, 7) is 2.17. The standard InChI is InChI=1S/C62H43NO/c1-42-33-37-48(38-34-42)62(47-22-9-4-10-23-47)56-30-12-11-25-55(56)59-57(62)31-16-32-58(59)63(50-24-13-21-46(41-50)43-17-5-2-6-18-43)49-39-35-45(36-40-49)52-27-15-29-54-53-28-14-26-51(60(53)64-61(52)54)44-19-7-3-8-20-44/h2-41H,1H3. The third-order valence-electron chi connectivity index (χ3n) is 13.2. The quantitative estimate of drug-likeness (QED) is 0.152. The molecule has 12 rings (SSSR count).